The molecule has 144 valence electrons. The van der Waals surface area contributed by atoms with Gasteiger partial charge in [-0.2, -0.15) is 0 Å². The van der Waals surface area contributed by atoms with Crippen molar-refractivity contribution in [3.05, 3.63) is 51.8 Å². The van der Waals surface area contributed by atoms with E-state index in [1.54, 1.807) is 38.1 Å². The van der Waals surface area contributed by atoms with E-state index in [4.69, 9.17) is 21.1 Å². The van der Waals surface area contributed by atoms with E-state index in [-0.39, 0.29) is 11.5 Å². The minimum atomic E-state index is -1.02. The summed E-state index contributed by atoms with van der Waals surface area (Å²) < 4.78 is 10.7. The summed E-state index contributed by atoms with van der Waals surface area (Å²) in [6.45, 7) is 7.87. The second kappa shape index (κ2) is 8.39. The number of hydrogen-bond acceptors (Lipinski definition) is 5. The van der Waals surface area contributed by atoms with Crippen LogP contribution in [0.5, 0.6) is 5.75 Å². The van der Waals surface area contributed by atoms with Gasteiger partial charge in [-0.05, 0) is 64.4 Å². The lowest BCUT2D eigenvalue weighted by Gasteiger charge is -2.17. The molecular formula is C20H22ClNO5. The first-order valence-electron chi connectivity index (χ1n) is 8.48. The van der Waals surface area contributed by atoms with Crippen molar-refractivity contribution < 1.29 is 23.9 Å². The molecule has 6 nitrogen and oxygen atoms in total. The van der Waals surface area contributed by atoms with Crippen LogP contribution in [0.1, 0.15) is 52.9 Å². The van der Waals surface area contributed by atoms with Crippen LogP contribution in [0.25, 0.3) is 0 Å². The highest BCUT2D eigenvalue weighted by Gasteiger charge is 2.28. The third kappa shape index (κ3) is 4.77. The number of aromatic nitrogens is 1. The van der Waals surface area contributed by atoms with Crippen LogP contribution >= 0.6 is 11.6 Å². The number of nitrogens with one attached hydrogen (secondary N) is 1. The lowest BCUT2D eigenvalue weighted by molar-refractivity contribution is -0.153. The predicted octanol–water partition coefficient (Wildman–Crippen LogP) is 4.07. The molecule has 7 heteroatoms. The predicted molar refractivity (Wildman–Crippen MR) is 102 cm³/mol. The second-order valence-electron chi connectivity index (χ2n) is 6.34. The molecule has 1 N–H and O–H groups in total. The van der Waals surface area contributed by atoms with Crippen LogP contribution in [0.2, 0.25) is 5.02 Å². The number of ether oxygens (including phenoxy) is 2. The molecule has 1 heterocycles. The second-order valence-corrected chi connectivity index (χ2v) is 6.77. The molecule has 0 saturated carbocycles. The van der Waals surface area contributed by atoms with Crippen molar-refractivity contribution in [2.45, 2.75) is 46.8 Å². The zero-order valence-electron chi connectivity index (χ0n) is 15.9. The number of rotatable bonds is 7. The summed E-state index contributed by atoms with van der Waals surface area (Å²) in [5.74, 6) is -0.742. The number of benzene rings is 1. The third-order valence-electron chi connectivity index (χ3n) is 4.16. The summed E-state index contributed by atoms with van der Waals surface area (Å²) in [5, 5.41) is 0.554. The van der Waals surface area contributed by atoms with Gasteiger partial charge in [-0.15, -0.1) is 0 Å². The van der Waals surface area contributed by atoms with Gasteiger partial charge in [0.1, 0.15) is 5.75 Å². The van der Waals surface area contributed by atoms with Crippen molar-refractivity contribution in [1.29, 1.82) is 0 Å². The van der Waals surface area contributed by atoms with Crippen molar-refractivity contribution in [1.82, 2.24) is 4.98 Å². The van der Waals surface area contributed by atoms with Gasteiger partial charge >= 0.3 is 5.97 Å². The maximum absolute atomic E-state index is 12.6. The first-order valence-corrected chi connectivity index (χ1v) is 8.86. The van der Waals surface area contributed by atoms with Crippen molar-refractivity contribution in [2.75, 3.05) is 0 Å². The van der Waals surface area contributed by atoms with Gasteiger partial charge in [0.15, 0.2) is 18.0 Å². The summed E-state index contributed by atoms with van der Waals surface area (Å²) in [5.41, 5.74) is 1.92. The van der Waals surface area contributed by atoms with E-state index in [1.165, 1.54) is 20.8 Å². The molecule has 27 heavy (non-hydrogen) atoms. The van der Waals surface area contributed by atoms with E-state index >= 15 is 0 Å². The Morgan fingerprint density at radius 3 is 2.15 bits per heavy atom. The highest BCUT2D eigenvalue weighted by Crippen LogP contribution is 2.21. The van der Waals surface area contributed by atoms with Crippen LogP contribution in [0, 0.1) is 13.8 Å². The molecular weight excluding hydrogens is 370 g/mol. The Morgan fingerprint density at radius 1 is 1.04 bits per heavy atom. The minimum Gasteiger partial charge on any atom is -0.479 e. The zero-order chi connectivity index (χ0) is 20.3. The van der Waals surface area contributed by atoms with E-state index in [0.29, 0.717) is 27.6 Å². The molecule has 0 fully saturated rings. The molecule has 0 spiro atoms. The van der Waals surface area contributed by atoms with Crippen LogP contribution < -0.4 is 4.74 Å². The molecule has 0 amide bonds. The van der Waals surface area contributed by atoms with Gasteiger partial charge < -0.3 is 14.5 Å². The molecule has 0 unspecified atom stereocenters. The van der Waals surface area contributed by atoms with Gasteiger partial charge in [-0.3, -0.25) is 9.59 Å². The van der Waals surface area contributed by atoms with Crippen molar-refractivity contribution in [3.8, 4) is 5.75 Å². The van der Waals surface area contributed by atoms with Crippen molar-refractivity contribution >= 4 is 29.1 Å². The highest BCUT2D eigenvalue weighted by molar-refractivity contribution is 6.30. The van der Waals surface area contributed by atoms with E-state index < -0.39 is 24.0 Å². The number of esters is 1. The fourth-order valence-electron chi connectivity index (χ4n) is 2.82. The zero-order valence-corrected chi connectivity index (χ0v) is 16.6. The molecule has 1 aromatic carbocycles. The molecule has 1 aromatic heterocycles. The largest absolute Gasteiger partial charge is 0.479 e. The highest BCUT2D eigenvalue weighted by atomic mass is 35.5. The maximum Gasteiger partial charge on any atom is 0.347 e. The Hall–Kier alpha value is -2.60. The smallest absolute Gasteiger partial charge is 0.347 e. The molecule has 2 rings (SSSR count). The van der Waals surface area contributed by atoms with E-state index in [0.717, 1.165) is 0 Å². The Balaban J connectivity index is 2.05. The average molecular weight is 392 g/mol. The van der Waals surface area contributed by atoms with E-state index in [9.17, 15) is 14.4 Å². The quantitative estimate of drug-likeness (QED) is 0.568. The number of carbonyl (C=O) groups is 3. The first-order chi connectivity index (χ1) is 12.6. The van der Waals surface area contributed by atoms with Crippen LogP contribution in [0.15, 0.2) is 24.3 Å². The molecule has 0 aliphatic heterocycles. The van der Waals surface area contributed by atoms with Crippen LogP contribution in [-0.2, 0) is 9.53 Å². The van der Waals surface area contributed by atoms with Gasteiger partial charge in [0.05, 0.1) is 5.69 Å². The molecule has 0 saturated heterocycles. The maximum atomic E-state index is 12.6. The number of ketones is 2. The molecule has 0 aliphatic carbocycles. The van der Waals surface area contributed by atoms with Crippen molar-refractivity contribution in [2.24, 2.45) is 0 Å². The molecule has 2 atom stereocenters. The summed E-state index contributed by atoms with van der Waals surface area (Å²) in [7, 11) is 0. The van der Waals surface area contributed by atoms with Crippen LogP contribution in [-0.4, -0.2) is 34.7 Å². The Kier molecular flexibility index (Phi) is 6.44. The SMILES string of the molecule is CC(=O)c1c(C)[nH]c(C(=O)[C@@H](C)OC(=O)[C@@H](C)Oc2ccc(Cl)cc2)c1C. The monoisotopic (exact) mass is 391 g/mol. The molecule has 0 bridgehead atoms. The number of carbonyl (C=O) groups excluding carboxylic acids is 3. The van der Waals surface area contributed by atoms with Gasteiger partial charge in [0.25, 0.3) is 0 Å². The number of Topliss-reactive ketones (excluding diaryl/α,β-unsaturated/α-hetero) is 2. The Morgan fingerprint density at radius 2 is 1.63 bits per heavy atom. The van der Waals surface area contributed by atoms with Gasteiger partial charge in [-0.1, -0.05) is 11.6 Å². The number of H-pyrrole nitrogens is 1. The summed E-state index contributed by atoms with van der Waals surface area (Å²) in [6, 6.07) is 6.55. The van der Waals surface area contributed by atoms with Gasteiger partial charge in [0, 0.05) is 16.3 Å². The minimum absolute atomic E-state index is 0.130. The summed E-state index contributed by atoms with van der Waals surface area (Å²) >= 11 is 5.81. The summed E-state index contributed by atoms with van der Waals surface area (Å²) in [4.78, 5) is 39.5. The van der Waals surface area contributed by atoms with Crippen LogP contribution in [0.4, 0.5) is 0 Å². The lowest BCUT2D eigenvalue weighted by Crippen LogP contribution is -2.33. The van der Waals surface area contributed by atoms with E-state index in [2.05, 4.69) is 4.98 Å². The number of halogens is 1. The molecule has 0 aliphatic rings. The first kappa shape index (κ1) is 20.7. The Bertz CT molecular complexity index is 869. The van der Waals surface area contributed by atoms with E-state index in [1.807, 2.05) is 0 Å². The van der Waals surface area contributed by atoms with Crippen molar-refractivity contribution in [3.63, 3.8) is 0 Å². The van der Waals surface area contributed by atoms with Gasteiger partial charge in [0.2, 0.25) is 5.78 Å². The number of hydrogen-bond donors (Lipinski definition) is 1. The van der Waals surface area contributed by atoms with Crippen LogP contribution in [0.3, 0.4) is 0 Å². The number of aromatic amines is 1. The average Bonchev–Trinajstić information content (AvgIpc) is 2.90. The fourth-order valence-corrected chi connectivity index (χ4v) is 2.94. The normalized spacial score (nSPS) is 13.0. The molecule has 2 aromatic rings. The standard InChI is InChI=1S/C20H22ClNO5/c1-10-17(12(3)23)11(2)22-18(10)19(24)13(4)27-20(25)14(5)26-16-8-6-15(21)7-9-16/h6-9,13-14,22H,1-5H3/t13-,14-/m1/s1. The Labute approximate surface area is 162 Å². The van der Waals surface area contributed by atoms with Gasteiger partial charge in [-0.25, -0.2) is 4.79 Å². The fraction of sp³-hybridized carbons (Fsp3) is 0.350. The topological polar surface area (TPSA) is 85.5 Å². The lowest BCUT2D eigenvalue weighted by atomic mass is 10.0. The molecule has 0 radical (unpaired) electrons. The third-order valence-corrected chi connectivity index (χ3v) is 4.41. The summed E-state index contributed by atoms with van der Waals surface area (Å²) in [6.07, 6.45) is -1.92. The number of aryl methyl sites for hydroxylation is 1.